The zero-order chi connectivity index (χ0) is 14.6. The van der Waals surface area contributed by atoms with Crippen molar-refractivity contribution in [2.45, 2.75) is 48.5 Å². The highest BCUT2D eigenvalue weighted by Crippen LogP contribution is 2.06. The quantitative estimate of drug-likeness (QED) is 0.727. The maximum Gasteiger partial charge on any atom is 0.129 e. The van der Waals surface area contributed by atoms with Crippen LogP contribution in [0.15, 0.2) is 0 Å². The summed E-state index contributed by atoms with van der Waals surface area (Å²) in [7, 11) is 0. The van der Waals surface area contributed by atoms with Crippen molar-refractivity contribution in [3.8, 4) is 0 Å². The van der Waals surface area contributed by atoms with Crippen molar-refractivity contribution in [3.63, 3.8) is 0 Å². The Morgan fingerprint density at radius 3 is 1.00 bits per heavy atom. The van der Waals surface area contributed by atoms with E-state index in [-0.39, 0.29) is 0 Å². The van der Waals surface area contributed by atoms with Crippen LogP contribution in [0.1, 0.15) is 40.2 Å². The Bertz CT molecular complexity index is 505. The van der Waals surface area contributed by atoms with Crippen molar-refractivity contribution in [1.29, 1.82) is 0 Å². The second kappa shape index (κ2) is 6.31. The number of nitrogens with zero attached hydrogens (tertiary/aromatic N) is 5. The molecule has 0 amide bonds. The second-order valence-electron chi connectivity index (χ2n) is 4.54. The lowest BCUT2D eigenvalue weighted by Crippen LogP contribution is -1.97. The van der Waals surface area contributed by atoms with Gasteiger partial charge in [0.15, 0.2) is 0 Å². The lowest BCUT2D eigenvalue weighted by Gasteiger charge is -2.02. The number of aromatic nitrogens is 5. The summed E-state index contributed by atoms with van der Waals surface area (Å²) >= 11 is 0. The van der Waals surface area contributed by atoms with E-state index in [1.807, 2.05) is 48.5 Å². The van der Waals surface area contributed by atoms with E-state index in [9.17, 15) is 0 Å². The summed E-state index contributed by atoms with van der Waals surface area (Å²) in [6, 6.07) is 0. The summed E-state index contributed by atoms with van der Waals surface area (Å²) < 4.78 is 0. The molecule has 102 valence electrons. The van der Waals surface area contributed by atoms with Gasteiger partial charge in [-0.05, 0) is 54.0 Å². The fourth-order valence-corrected chi connectivity index (χ4v) is 1.72. The largest absolute Gasteiger partial charge is 0.238 e. The van der Waals surface area contributed by atoms with Gasteiger partial charge in [0.1, 0.15) is 23.3 Å². The summed E-state index contributed by atoms with van der Waals surface area (Å²) in [5.41, 5.74) is 3.38. The van der Waals surface area contributed by atoms with E-state index in [1.54, 1.807) is 0 Å². The van der Waals surface area contributed by atoms with Gasteiger partial charge in [0, 0.05) is 11.4 Å². The fraction of sp³-hybridized carbons (Fsp3) is 0.500. The van der Waals surface area contributed by atoms with Crippen LogP contribution in [-0.4, -0.2) is 24.9 Å². The third-order valence-corrected chi connectivity index (χ3v) is 2.72. The number of hydrogen-bond acceptors (Lipinski definition) is 5. The normalized spacial score (nSPS) is 9.84. The molecule has 0 fully saturated rings. The number of hydrogen-bond donors (Lipinski definition) is 0. The van der Waals surface area contributed by atoms with Gasteiger partial charge in [0.05, 0.1) is 0 Å². The van der Waals surface area contributed by atoms with Gasteiger partial charge in [0.2, 0.25) is 0 Å². The molecule has 0 aromatic carbocycles. The molecule has 0 spiro atoms. The zero-order valence-electron chi connectivity index (χ0n) is 12.7. The molecule has 0 aliphatic rings. The molecule has 5 nitrogen and oxygen atoms in total. The number of aryl methyl sites for hydroxylation is 6. The molecule has 2 aromatic heterocycles. The highest BCUT2D eigenvalue weighted by molar-refractivity contribution is 5.21. The van der Waals surface area contributed by atoms with Crippen LogP contribution in [0.3, 0.4) is 0 Å². The molecule has 0 saturated carbocycles. The smallest absolute Gasteiger partial charge is 0.129 e. The molecule has 0 bridgehead atoms. The van der Waals surface area contributed by atoms with Crippen molar-refractivity contribution in [1.82, 2.24) is 24.9 Å². The lowest BCUT2D eigenvalue weighted by molar-refractivity contribution is 0.875. The average Bonchev–Trinajstić information content (AvgIpc) is 2.24. The van der Waals surface area contributed by atoms with E-state index < -0.39 is 0 Å². The standard InChI is InChI=1S/C8H12N2.C6H9N3/c1-5-6(2)9-8(4)10-7(5)3;1-4-7-5(2)9-6(3)8-4/h1-4H3;1-3H3. The Kier molecular flexibility index (Phi) is 5.03. The summed E-state index contributed by atoms with van der Waals surface area (Å²) in [6.07, 6.45) is 0. The van der Waals surface area contributed by atoms with Gasteiger partial charge in [0.25, 0.3) is 0 Å². The first kappa shape index (κ1) is 15.1. The third kappa shape index (κ3) is 4.69. The van der Waals surface area contributed by atoms with E-state index in [1.165, 1.54) is 5.56 Å². The second-order valence-corrected chi connectivity index (χ2v) is 4.54. The minimum Gasteiger partial charge on any atom is -0.238 e. The van der Waals surface area contributed by atoms with Crippen LogP contribution in [0.4, 0.5) is 0 Å². The summed E-state index contributed by atoms with van der Waals surface area (Å²) in [5.74, 6) is 3.24. The maximum absolute atomic E-state index is 4.22. The number of rotatable bonds is 0. The zero-order valence-corrected chi connectivity index (χ0v) is 12.7. The molecule has 0 N–H and O–H groups in total. The van der Waals surface area contributed by atoms with Gasteiger partial charge in [-0.3, -0.25) is 0 Å². The molecule has 0 saturated heterocycles. The fourth-order valence-electron chi connectivity index (χ4n) is 1.72. The first-order valence-electron chi connectivity index (χ1n) is 6.24. The molecular weight excluding hydrogens is 238 g/mol. The first-order valence-corrected chi connectivity index (χ1v) is 6.24. The van der Waals surface area contributed by atoms with Crippen molar-refractivity contribution < 1.29 is 0 Å². The van der Waals surface area contributed by atoms with Crippen LogP contribution in [0.5, 0.6) is 0 Å². The van der Waals surface area contributed by atoms with E-state index in [0.29, 0.717) is 0 Å². The summed E-state index contributed by atoms with van der Waals surface area (Å²) in [5, 5.41) is 0. The van der Waals surface area contributed by atoms with E-state index in [4.69, 9.17) is 0 Å². The van der Waals surface area contributed by atoms with Crippen LogP contribution < -0.4 is 0 Å². The first-order chi connectivity index (χ1) is 8.79. The van der Waals surface area contributed by atoms with Crippen LogP contribution in [0, 0.1) is 48.5 Å². The molecule has 2 aromatic rings. The summed E-state index contributed by atoms with van der Waals surface area (Å²) in [4.78, 5) is 20.5. The molecule has 5 heteroatoms. The van der Waals surface area contributed by atoms with Gasteiger partial charge in [-0.25, -0.2) is 24.9 Å². The molecule has 19 heavy (non-hydrogen) atoms. The van der Waals surface area contributed by atoms with Gasteiger partial charge >= 0.3 is 0 Å². The van der Waals surface area contributed by atoms with E-state index in [2.05, 4.69) is 24.9 Å². The van der Waals surface area contributed by atoms with Gasteiger partial charge in [-0.15, -0.1) is 0 Å². The Morgan fingerprint density at radius 2 is 0.684 bits per heavy atom. The molecule has 0 aliphatic heterocycles. The van der Waals surface area contributed by atoms with Crippen molar-refractivity contribution >= 4 is 0 Å². The molecule has 2 heterocycles. The van der Waals surface area contributed by atoms with Crippen LogP contribution in [0.25, 0.3) is 0 Å². The molecule has 2 rings (SSSR count). The molecule has 0 unspecified atom stereocenters. The average molecular weight is 259 g/mol. The molecule has 0 atom stereocenters. The SMILES string of the molecule is Cc1nc(C)c(C)c(C)n1.Cc1nc(C)nc(C)n1. The third-order valence-electron chi connectivity index (χ3n) is 2.72. The van der Waals surface area contributed by atoms with Crippen molar-refractivity contribution in [2.75, 3.05) is 0 Å². The molecular formula is C14H21N5. The lowest BCUT2D eigenvalue weighted by atomic mass is 10.2. The highest BCUT2D eigenvalue weighted by atomic mass is 15.0. The Morgan fingerprint density at radius 1 is 0.421 bits per heavy atom. The Labute approximate surface area is 114 Å². The monoisotopic (exact) mass is 259 g/mol. The van der Waals surface area contributed by atoms with Gasteiger partial charge in [-0.2, -0.15) is 0 Å². The topological polar surface area (TPSA) is 64.5 Å². The molecule has 0 radical (unpaired) electrons. The van der Waals surface area contributed by atoms with Crippen molar-refractivity contribution in [3.05, 3.63) is 40.2 Å². The van der Waals surface area contributed by atoms with Gasteiger partial charge in [-0.1, -0.05) is 0 Å². The maximum atomic E-state index is 4.22. The summed E-state index contributed by atoms with van der Waals surface area (Å²) in [6.45, 7) is 13.6. The minimum atomic E-state index is 0.792. The predicted molar refractivity (Wildman–Crippen MR) is 75.0 cm³/mol. The van der Waals surface area contributed by atoms with Gasteiger partial charge < -0.3 is 0 Å². The van der Waals surface area contributed by atoms with E-state index in [0.717, 1.165) is 34.7 Å². The van der Waals surface area contributed by atoms with Crippen LogP contribution >= 0.6 is 0 Å². The molecule has 0 aliphatic carbocycles. The van der Waals surface area contributed by atoms with Crippen LogP contribution in [0.2, 0.25) is 0 Å². The van der Waals surface area contributed by atoms with Crippen molar-refractivity contribution in [2.24, 2.45) is 0 Å². The highest BCUT2D eigenvalue weighted by Gasteiger charge is 1.99. The Hall–Kier alpha value is -1.91. The predicted octanol–water partition coefficient (Wildman–Crippen LogP) is 2.51. The van der Waals surface area contributed by atoms with Crippen LogP contribution in [-0.2, 0) is 0 Å². The Balaban J connectivity index is 0.000000191. The van der Waals surface area contributed by atoms with E-state index >= 15 is 0 Å². The minimum absolute atomic E-state index is 0.792.